The van der Waals surface area contributed by atoms with Crippen molar-refractivity contribution in [2.24, 2.45) is 0 Å². The van der Waals surface area contributed by atoms with Gasteiger partial charge >= 0.3 is 0 Å². The van der Waals surface area contributed by atoms with E-state index in [9.17, 15) is 9.59 Å². The van der Waals surface area contributed by atoms with E-state index in [1.165, 1.54) is 6.42 Å². The zero-order chi connectivity index (χ0) is 26.4. The molecule has 8 heteroatoms. The Labute approximate surface area is 236 Å². The maximum atomic E-state index is 13.6. The number of carbonyl (C=O) groups excluding carboxylic acids is 2. The molecule has 1 aliphatic carbocycles. The number of hydrogen-bond acceptors (Lipinski definition) is 3. The summed E-state index contributed by atoms with van der Waals surface area (Å²) in [5, 5.41) is 6.13. The fraction of sp³-hybridized carbons (Fsp3) is 0.379. The molecule has 1 fully saturated rings. The first-order valence-electron chi connectivity index (χ1n) is 12.7. The number of ether oxygens (including phenoxy) is 1. The summed E-state index contributed by atoms with van der Waals surface area (Å²) in [5.41, 5.74) is 0.606. The van der Waals surface area contributed by atoms with Gasteiger partial charge in [-0.15, -0.1) is 0 Å². The largest absolute Gasteiger partial charge is 0.483 e. The number of hydrogen-bond donors (Lipinski definition) is 1. The van der Waals surface area contributed by atoms with Gasteiger partial charge in [0.25, 0.3) is 5.91 Å². The van der Waals surface area contributed by atoms with Crippen LogP contribution in [0, 0.1) is 0 Å². The highest BCUT2D eigenvalue weighted by molar-refractivity contribution is 9.10. The first kappa shape index (κ1) is 27.7. The Kier molecular flexibility index (Phi) is 9.74. The Balaban J connectivity index is 1.56. The van der Waals surface area contributed by atoms with Crippen molar-refractivity contribution in [2.75, 3.05) is 6.61 Å². The summed E-state index contributed by atoms with van der Waals surface area (Å²) in [4.78, 5) is 28.6. The van der Waals surface area contributed by atoms with E-state index in [1.54, 1.807) is 23.1 Å². The molecular weight excluding hydrogens is 575 g/mol. The fourth-order valence-corrected chi connectivity index (χ4v) is 5.99. The number of halogens is 3. The van der Waals surface area contributed by atoms with Crippen molar-refractivity contribution in [2.45, 2.75) is 64.1 Å². The number of rotatable bonds is 9. The number of fused-ring (bicyclic) bond motifs is 1. The molecule has 3 aromatic carbocycles. The average molecular weight is 606 g/mol. The van der Waals surface area contributed by atoms with Crippen molar-refractivity contribution in [1.82, 2.24) is 10.2 Å². The topological polar surface area (TPSA) is 58.6 Å². The van der Waals surface area contributed by atoms with Gasteiger partial charge in [-0.05, 0) is 64.2 Å². The quantitative estimate of drug-likeness (QED) is 0.274. The lowest BCUT2D eigenvalue weighted by Crippen LogP contribution is -2.52. The maximum Gasteiger partial charge on any atom is 0.261 e. The summed E-state index contributed by atoms with van der Waals surface area (Å²) in [6.07, 6.45) is 5.78. The summed E-state index contributed by atoms with van der Waals surface area (Å²) in [5.74, 6) is 0.0852. The Hall–Kier alpha value is -2.28. The van der Waals surface area contributed by atoms with Gasteiger partial charge in [0.1, 0.15) is 11.8 Å². The van der Waals surface area contributed by atoms with Crippen LogP contribution in [0.2, 0.25) is 10.0 Å². The number of benzene rings is 3. The van der Waals surface area contributed by atoms with Crippen LogP contribution < -0.4 is 10.1 Å². The molecule has 5 nitrogen and oxygen atoms in total. The van der Waals surface area contributed by atoms with Gasteiger partial charge in [-0.25, -0.2) is 0 Å². The van der Waals surface area contributed by atoms with E-state index in [2.05, 4.69) is 21.2 Å². The standard InChI is InChI=1S/C29H31BrCl2N2O3/c1-2-25(29(36)33-20-10-4-3-5-11-20)34(17-22-23(31)13-8-14-24(22)32)27(35)18-37-26-16-15-19-9-6-7-12-21(19)28(26)30/h6-9,12-16,20,25H,2-5,10-11,17-18H2,1H3,(H,33,36)/t25-/m1/s1. The van der Waals surface area contributed by atoms with Crippen LogP contribution in [-0.4, -0.2) is 35.4 Å². The predicted molar refractivity (Wildman–Crippen MR) is 153 cm³/mol. The number of amides is 2. The Morgan fingerprint density at radius 2 is 1.73 bits per heavy atom. The van der Waals surface area contributed by atoms with E-state index in [4.69, 9.17) is 27.9 Å². The predicted octanol–water partition coefficient (Wildman–Crippen LogP) is 7.54. The SMILES string of the molecule is CC[C@H](C(=O)NC1CCCCC1)N(Cc1c(Cl)cccc1Cl)C(=O)COc1ccc2ccccc2c1Br. The third-order valence-electron chi connectivity index (χ3n) is 6.91. The number of nitrogens with zero attached hydrogens (tertiary/aromatic N) is 1. The number of carbonyl (C=O) groups is 2. The fourth-order valence-electron chi connectivity index (χ4n) is 4.87. The highest BCUT2D eigenvalue weighted by atomic mass is 79.9. The van der Waals surface area contributed by atoms with Gasteiger partial charge in [-0.1, -0.05) is 85.8 Å². The van der Waals surface area contributed by atoms with Crippen LogP contribution >= 0.6 is 39.1 Å². The van der Waals surface area contributed by atoms with Crippen LogP contribution in [0.4, 0.5) is 0 Å². The van der Waals surface area contributed by atoms with Crippen molar-refractivity contribution >= 4 is 61.7 Å². The third-order valence-corrected chi connectivity index (χ3v) is 8.43. The van der Waals surface area contributed by atoms with Crippen LogP contribution in [0.1, 0.15) is 51.0 Å². The van der Waals surface area contributed by atoms with Crippen molar-refractivity contribution < 1.29 is 14.3 Å². The van der Waals surface area contributed by atoms with Gasteiger partial charge in [-0.2, -0.15) is 0 Å². The summed E-state index contributed by atoms with van der Waals surface area (Å²) < 4.78 is 6.75. The van der Waals surface area contributed by atoms with Gasteiger partial charge in [0.15, 0.2) is 6.61 Å². The van der Waals surface area contributed by atoms with E-state index in [0.29, 0.717) is 27.8 Å². The van der Waals surface area contributed by atoms with Crippen molar-refractivity contribution in [3.05, 3.63) is 74.7 Å². The van der Waals surface area contributed by atoms with Crippen LogP contribution in [0.3, 0.4) is 0 Å². The second-order valence-corrected chi connectivity index (χ2v) is 11.0. The summed E-state index contributed by atoms with van der Waals surface area (Å²) in [6.45, 7) is 1.78. The molecule has 1 saturated carbocycles. The Bertz CT molecular complexity index is 1240. The second kappa shape index (κ2) is 13.0. The lowest BCUT2D eigenvalue weighted by Gasteiger charge is -2.33. The minimum Gasteiger partial charge on any atom is -0.483 e. The normalized spacial score (nSPS) is 14.8. The van der Waals surface area contributed by atoms with E-state index < -0.39 is 6.04 Å². The highest BCUT2D eigenvalue weighted by Crippen LogP contribution is 2.33. The molecule has 1 N–H and O–H groups in total. The molecule has 1 atom stereocenters. The van der Waals surface area contributed by atoms with Crippen LogP contribution in [-0.2, 0) is 16.1 Å². The van der Waals surface area contributed by atoms with Crippen LogP contribution in [0.25, 0.3) is 10.8 Å². The van der Waals surface area contributed by atoms with Crippen molar-refractivity contribution in [3.63, 3.8) is 0 Å². The first-order valence-corrected chi connectivity index (χ1v) is 14.3. The average Bonchev–Trinajstić information content (AvgIpc) is 2.90. The first-order chi connectivity index (χ1) is 17.9. The molecule has 3 aromatic rings. The van der Waals surface area contributed by atoms with Crippen molar-refractivity contribution in [3.8, 4) is 5.75 Å². The molecule has 0 aliphatic heterocycles. The Morgan fingerprint density at radius 1 is 1.03 bits per heavy atom. The minimum absolute atomic E-state index is 0.107. The molecule has 37 heavy (non-hydrogen) atoms. The van der Waals surface area contributed by atoms with Gasteiger partial charge in [0.2, 0.25) is 5.91 Å². The Morgan fingerprint density at radius 3 is 2.43 bits per heavy atom. The molecule has 0 radical (unpaired) electrons. The van der Waals surface area contributed by atoms with E-state index in [0.717, 1.165) is 40.9 Å². The molecule has 0 aromatic heterocycles. The molecule has 0 spiro atoms. The van der Waals surface area contributed by atoms with Crippen LogP contribution in [0.5, 0.6) is 5.75 Å². The van der Waals surface area contributed by atoms with Crippen molar-refractivity contribution in [1.29, 1.82) is 0 Å². The van der Waals surface area contributed by atoms with Gasteiger partial charge in [-0.3, -0.25) is 9.59 Å². The molecular formula is C29H31BrCl2N2O3. The molecule has 0 saturated heterocycles. The van der Waals surface area contributed by atoms with Crippen LogP contribution in [0.15, 0.2) is 59.1 Å². The van der Waals surface area contributed by atoms with E-state index >= 15 is 0 Å². The van der Waals surface area contributed by atoms with E-state index in [-0.39, 0.29) is 31.0 Å². The minimum atomic E-state index is -0.676. The maximum absolute atomic E-state index is 13.6. The lowest BCUT2D eigenvalue weighted by atomic mass is 9.95. The third kappa shape index (κ3) is 6.78. The molecule has 1 aliphatic rings. The number of nitrogens with one attached hydrogen (secondary N) is 1. The molecule has 2 amide bonds. The monoisotopic (exact) mass is 604 g/mol. The summed E-state index contributed by atoms with van der Waals surface area (Å²) in [6, 6.07) is 16.4. The molecule has 0 heterocycles. The smallest absolute Gasteiger partial charge is 0.261 e. The second-order valence-electron chi connectivity index (χ2n) is 9.38. The molecule has 0 unspecified atom stereocenters. The molecule has 0 bridgehead atoms. The van der Waals surface area contributed by atoms with Gasteiger partial charge in [0.05, 0.1) is 4.47 Å². The molecule has 196 valence electrons. The van der Waals surface area contributed by atoms with Gasteiger partial charge < -0.3 is 15.0 Å². The summed E-state index contributed by atoms with van der Waals surface area (Å²) >= 11 is 16.5. The molecule has 4 rings (SSSR count). The lowest BCUT2D eigenvalue weighted by molar-refractivity contribution is -0.143. The van der Waals surface area contributed by atoms with Gasteiger partial charge in [0, 0.05) is 28.2 Å². The zero-order valence-corrected chi connectivity index (χ0v) is 23.9. The zero-order valence-electron chi connectivity index (χ0n) is 20.8. The highest BCUT2D eigenvalue weighted by Gasteiger charge is 2.31. The summed E-state index contributed by atoms with van der Waals surface area (Å²) in [7, 11) is 0. The van der Waals surface area contributed by atoms with E-state index in [1.807, 2.05) is 43.3 Å².